The van der Waals surface area contributed by atoms with E-state index in [0.717, 1.165) is 33.3 Å². The smallest absolute Gasteiger partial charge is 0.164 e. The van der Waals surface area contributed by atoms with Gasteiger partial charge in [0.1, 0.15) is 5.82 Å². The molecule has 0 bridgehead atoms. The van der Waals surface area contributed by atoms with Gasteiger partial charge in [-0.05, 0) is 11.4 Å². The maximum Gasteiger partial charge on any atom is 0.164 e. The fourth-order valence-corrected chi connectivity index (χ4v) is 3.70. The van der Waals surface area contributed by atoms with Crippen LogP contribution >= 0.6 is 11.3 Å². The minimum Gasteiger partial charge on any atom is -0.259 e. The van der Waals surface area contributed by atoms with Crippen molar-refractivity contribution >= 4 is 17.0 Å². The number of fused-ring (bicyclic) bond motifs is 1. The molecule has 3 aromatic heterocycles. The van der Waals surface area contributed by atoms with Crippen molar-refractivity contribution in [3.63, 3.8) is 0 Å². The fourth-order valence-electron chi connectivity index (χ4n) is 2.99. The summed E-state index contributed by atoms with van der Waals surface area (Å²) in [5.41, 5.74) is 2.82. The van der Waals surface area contributed by atoms with E-state index in [-0.39, 0.29) is 0 Å². The van der Waals surface area contributed by atoms with Crippen LogP contribution in [0.15, 0.2) is 84.4 Å². The predicted molar refractivity (Wildman–Crippen MR) is 105 cm³/mol. The standard InChI is InChI=1S/C21H14N4S/c1-3-8-15(9-4-1)19-23-18-14-22-21(17-12-7-13-26-17)25(18)20(24-19)16-10-5-2-6-11-16/h1-14H. The van der Waals surface area contributed by atoms with Crippen LogP contribution in [0.25, 0.3) is 39.1 Å². The third kappa shape index (κ3) is 2.50. The Morgan fingerprint density at radius 1 is 0.692 bits per heavy atom. The fraction of sp³-hybridized carbons (Fsp3) is 0. The molecule has 0 radical (unpaired) electrons. The molecule has 3 heterocycles. The van der Waals surface area contributed by atoms with E-state index >= 15 is 0 Å². The third-order valence-electron chi connectivity index (χ3n) is 4.19. The first-order chi connectivity index (χ1) is 12.9. The van der Waals surface area contributed by atoms with Crippen LogP contribution in [0.1, 0.15) is 0 Å². The van der Waals surface area contributed by atoms with Crippen molar-refractivity contribution in [2.75, 3.05) is 0 Å². The molecule has 0 amide bonds. The first-order valence-corrected chi connectivity index (χ1v) is 9.18. The summed E-state index contributed by atoms with van der Waals surface area (Å²) in [5.74, 6) is 2.42. The van der Waals surface area contributed by atoms with Crippen molar-refractivity contribution in [2.24, 2.45) is 0 Å². The molecule has 0 atom stereocenters. The van der Waals surface area contributed by atoms with E-state index in [1.54, 1.807) is 11.3 Å². The molecule has 0 saturated heterocycles. The van der Waals surface area contributed by atoms with Crippen LogP contribution in [0, 0.1) is 0 Å². The molecule has 0 unspecified atom stereocenters. The second-order valence-corrected chi connectivity index (χ2v) is 6.80. The van der Waals surface area contributed by atoms with Gasteiger partial charge < -0.3 is 0 Å². The number of benzene rings is 2. The summed E-state index contributed by atoms with van der Waals surface area (Å²) in [6.45, 7) is 0. The van der Waals surface area contributed by atoms with Crippen LogP contribution in [-0.4, -0.2) is 19.4 Å². The lowest BCUT2D eigenvalue weighted by molar-refractivity contribution is 1.04. The zero-order valence-electron chi connectivity index (χ0n) is 13.8. The highest BCUT2D eigenvalue weighted by Crippen LogP contribution is 2.29. The van der Waals surface area contributed by atoms with Crippen LogP contribution < -0.4 is 0 Å². The normalized spacial score (nSPS) is 11.1. The average molecular weight is 354 g/mol. The number of nitrogens with zero attached hydrogens (tertiary/aromatic N) is 4. The van der Waals surface area contributed by atoms with Gasteiger partial charge in [-0.1, -0.05) is 66.7 Å². The van der Waals surface area contributed by atoms with Crippen molar-refractivity contribution in [3.8, 4) is 33.5 Å². The van der Waals surface area contributed by atoms with Gasteiger partial charge in [0.15, 0.2) is 17.3 Å². The number of hydrogen-bond donors (Lipinski definition) is 0. The molecular formula is C21H14N4S. The molecule has 5 heteroatoms. The zero-order chi connectivity index (χ0) is 17.3. The molecule has 4 nitrogen and oxygen atoms in total. The van der Waals surface area contributed by atoms with E-state index in [4.69, 9.17) is 9.97 Å². The van der Waals surface area contributed by atoms with E-state index in [1.807, 2.05) is 65.2 Å². The summed E-state index contributed by atoms with van der Waals surface area (Å²) in [7, 11) is 0. The number of rotatable bonds is 3. The van der Waals surface area contributed by atoms with Gasteiger partial charge in [-0.15, -0.1) is 11.3 Å². The van der Waals surface area contributed by atoms with Gasteiger partial charge >= 0.3 is 0 Å². The second-order valence-electron chi connectivity index (χ2n) is 5.86. The largest absolute Gasteiger partial charge is 0.259 e. The first kappa shape index (κ1) is 15.0. The first-order valence-electron chi connectivity index (χ1n) is 8.30. The molecule has 0 fully saturated rings. The Bertz CT molecular complexity index is 1160. The Hall–Kier alpha value is -3.31. The number of imidazole rings is 1. The monoisotopic (exact) mass is 354 g/mol. The lowest BCUT2D eigenvalue weighted by Crippen LogP contribution is -2.02. The lowest BCUT2D eigenvalue weighted by atomic mass is 10.2. The van der Waals surface area contributed by atoms with Gasteiger partial charge in [-0.2, -0.15) is 0 Å². The van der Waals surface area contributed by atoms with Crippen molar-refractivity contribution in [1.29, 1.82) is 0 Å². The summed E-state index contributed by atoms with van der Waals surface area (Å²) in [5, 5.41) is 2.05. The summed E-state index contributed by atoms with van der Waals surface area (Å²) in [4.78, 5) is 15.4. The summed E-state index contributed by atoms with van der Waals surface area (Å²) in [6, 6.07) is 24.3. The molecule has 0 aliphatic heterocycles. The molecule has 5 aromatic rings. The van der Waals surface area contributed by atoms with Crippen LogP contribution in [0.3, 0.4) is 0 Å². The van der Waals surface area contributed by atoms with E-state index in [9.17, 15) is 0 Å². The maximum atomic E-state index is 4.90. The van der Waals surface area contributed by atoms with E-state index < -0.39 is 0 Å². The highest BCUT2D eigenvalue weighted by Gasteiger charge is 2.16. The number of hydrogen-bond acceptors (Lipinski definition) is 4. The van der Waals surface area contributed by atoms with Crippen molar-refractivity contribution in [3.05, 3.63) is 84.4 Å². The van der Waals surface area contributed by atoms with Gasteiger partial charge in [0.25, 0.3) is 0 Å². The van der Waals surface area contributed by atoms with Gasteiger partial charge in [-0.25, -0.2) is 15.0 Å². The SMILES string of the molecule is c1ccc(-c2nc(-c3ccccc3)n3c(-c4cccs4)ncc3n2)cc1. The molecule has 0 aliphatic carbocycles. The van der Waals surface area contributed by atoms with Gasteiger partial charge in [0.05, 0.1) is 11.1 Å². The Balaban J connectivity index is 1.83. The average Bonchev–Trinajstić information content (AvgIpc) is 3.38. The highest BCUT2D eigenvalue weighted by molar-refractivity contribution is 7.13. The van der Waals surface area contributed by atoms with Crippen molar-refractivity contribution < 1.29 is 0 Å². The molecule has 2 aromatic carbocycles. The Morgan fingerprint density at radius 3 is 2.12 bits per heavy atom. The molecule has 5 rings (SSSR count). The molecule has 26 heavy (non-hydrogen) atoms. The molecular weight excluding hydrogens is 340 g/mol. The second kappa shape index (κ2) is 6.20. The van der Waals surface area contributed by atoms with E-state index in [0.29, 0.717) is 5.82 Å². The lowest BCUT2D eigenvalue weighted by Gasteiger charge is -2.10. The molecule has 0 N–H and O–H groups in total. The highest BCUT2D eigenvalue weighted by atomic mass is 32.1. The van der Waals surface area contributed by atoms with Crippen molar-refractivity contribution in [1.82, 2.24) is 19.4 Å². The van der Waals surface area contributed by atoms with Gasteiger partial charge in [0.2, 0.25) is 0 Å². The summed E-state index contributed by atoms with van der Waals surface area (Å²) in [6.07, 6.45) is 1.82. The van der Waals surface area contributed by atoms with E-state index in [1.165, 1.54) is 0 Å². The molecule has 0 aliphatic rings. The molecule has 0 spiro atoms. The van der Waals surface area contributed by atoms with Crippen molar-refractivity contribution in [2.45, 2.75) is 0 Å². The minimum absolute atomic E-state index is 0.703. The Kier molecular flexibility index (Phi) is 3.57. The Labute approximate surface area is 154 Å². The van der Waals surface area contributed by atoms with E-state index in [2.05, 4.69) is 28.6 Å². The van der Waals surface area contributed by atoms with Crippen LogP contribution in [0.5, 0.6) is 0 Å². The maximum absolute atomic E-state index is 4.90. The topological polar surface area (TPSA) is 43.1 Å². The van der Waals surface area contributed by atoms with Crippen LogP contribution in [0.2, 0.25) is 0 Å². The molecule has 0 saturated carbocycles. The number of thiophene rings is 1. The third-order valence-corrected chi connectivity index (χ3v) is 5.06. The Morgan fingerprint density at radius 2 is 1.42 bits per heavy atom. The quantitative estimate of drug-likeness (QED) is 0.448. The zero-order valence-corrected chi connectivity index (χ0v) is 14.6. The van der Waals surface area contributed by atoms with Gasteiger partial charge in [-0.3, -0.25) is 4.40 Å². The summed E-state index contributed by atoms with van der Waals surface area (Å²) < 4.78 is 2.04. The number of aromatic nitrogens is 4. The van der Waals surface area contributed by atoms with Crippen LogP contribution in [-0.2, 0) is 0 Å². The minimum atomic E-state index is 0.703. The summed E-state index contributed by atoms with van der Waals surface area (Å²) >= 11 is 1.66. The van der Waals surface area contributed by atoms with Crippen LogP contribution in [0.4, 0.5) is 0 Å². The predicted octanol–water partition coefficient (Wildman–Crippen LogP) is 5.19. The van der Waals surface area contributed by atoms with Gasteiger partial charge in [0, 0.05) is 11.1 Å². The molecule has 124 valence electrons.